The van der Waals surface area contributed by atoms with Gasteiger partial charge in [0, 0.05) is 16.4 Å². The zero-order valence-electron chi connectivity index (χ0n) is 15.1. The molecule has 0 radical (unpaired) electrons. The number of rotatable bonds is 4. The molecule has 4 rings (SSSR count). The number of nitrogens with zero attached hydrogens (tertiary/aromatic N) is 2. The predicted octanol–water partition coefficient (Wildman–Crippen LogP) is 4.57. The zero-order valence-corrected chi connectivity index (χ0v) is 16.7. The van der Waals surface area contributed by atoms with Crippen LogP contribution in [0.4, 0.5) is 0 Å². The molecule has 0 saturated carbocycles. The minimum absolute atomic E-state index is 0.0701. The fraction of sp³-hybridized carbons (Fsp3) is 0.182. The highest BCUT2D eigenvalue weighted by molar-refractivity contribution is 8.01. The van der Waals surface area contributed by atoms with Crippen LogP contribution in [0.15, 0.2) is 71.8 Å². The first-order valence-corrected chi connectivity index (χ1v) is 11.7. The molecule has 1 saturated heterocycles. The summed E-state index contributed by atoms with van der Waals surface area (Å²) in [5, 5.41) is 10.4. The van der Waals surface area contributed by atoms with Crippen molar-refractivity contribution in [3.8, 4) is 28.5 Å². The highest BCUT2D eigenvalue weighted by atomic mass is 32.2. The van der Waals surface area contributed by atoms with Crippen molar-refractivity contribution in [2.75, 3.05) is 11.5 Å². The molecule has 0 amide bonds. The number of benzene rings is 2. The van der Waals surface area contributed by atoms with Crippen molar-refractivity contribution >= 4 is 21.6 Å². The average Bonchev–Trinajstić information content (AvgIpc) is 3.07. The lowest BCUT2D eigenvalue weighted by molar-refractivity contribution is 0.602. The van der Waals surface area contributed by atoms with Gasteiger partial charge >= 0.3 is 0 Å². The maximum Gasteiger partial charge on any atom is 0.151 e. The van der Waals surface area contributed by atoms with E-state index in [2.05, 4.69) is 6.07 Å². The third-order valence-corrected chi connectivity index (χ3v) is 7.95. The molecule has 1 fully saturated rings. The van der Waals surface area contributed by atoms with Crippen molar-refractivity contribution in [3.63, 3.8) is 0 Å². The summed E-state index contributed by atoms with van der Waals surface area (Å²) >= 11 is 1.41. The van der Waals surface area contributed by atoms with Gasteiger partial charge in [0.05, 0.1) is 22.8 Å². The molecule has 2 heterocycles. The third-order valence-electron chi connectivity index (χ3n) is 4.72. The first-order chi connectivity index (χ1) is 13.6. The Morgan fingerprint density at radius 2 is 1.64 bits per heavy atom. The number of hydrogen-bond acceptors (Lipinski definition) is 5. The van der Waals surface area contributed by atoms with Crippen molar-refractivity contribution in [2.45, 2.75) is 16.7 Å². The van der Waals surface area contributed by atoms with Crippen molar-refractivity contribution < 1.29 is 8.42 Å². The molecular formula is C22H18N2O2S2. The number of pyridine rings is 1. The summed E-state index contributed by atoms with van der Waals surface area (Å²) < 4.78 is 23.7. The van der Waals surface area contributed by atoms with E-state index >= 15 is 0 Å². The van der Waals surface area contributed by atoms with E-state index in [1.54, 1.807) is 0 Å². The van der Waals surface area contributed by atoms with Gasteiger partial charge in [0.1, 0.15) is 11.1 Å². The largest absolute Gasteiger partial charge is 0.240 e. The molecule has 1 atom stereocenters. The highest BCUT2D eigenvalue weighted by Gasteiger charge is 2.30. The Hall–Kier alpha value is -2.62. The third kappa shape index (κ3) is 3.96. The molecule has 0 N–H and O–H groups in total. The van der Waals surface area contributed by atoms with E-state index in [9.17, 15) is 13.7 Å². The Balaban J connectivity index is 1.85. The van der Waals surface area contributed by atoms with Crippen LogP contribution in [0.2, 0.25) is 0 Å². The van der Waals surface area contributed by atoms with Crippen molar-refractivity contribution in [1.29, 1.82) is 5.26 Å². The maximum atomic E-state index is 11.9. The second kappa shape index (κ2) is 7.78. The fourth-order valence-electron chi connectivity index (χ4n) is 3.33. The summed E-state index contributed by atoms with van der Waals surface area (Å²) in [6.07, 6.45) is 0.593. The topological polar surface area (TPSA) is 70.8 Å². The fourth-order valence-corrected chi connectivity index (χ4v) is 6.89. The number of nitriles is 1. The lowest BCUT2D eigenvalue weighted by atomic mass is 9.99. The van der Waals surface area contributed by atoms with Crippen molar-refractivity contribution in [2.24, 2.45) is 0 Å². The van der Waals surface area contributed by atoms with Crippen LogP contribution in [0.1, 0.15) is 12.0 Å². The Labute approximate surface area is 169 Å². The van der Waals surface area contributed by atoms with Gasteiger partial charge in [-0.3, -0.25) is 0 Å². The summed E-state index contributed by atoms with van der Waals surface area (Å²) in [4.78, 5) is 4.76. The van der Waals surface area contributed by atoms with Crippen LogP contribution in [0.5, 0.6) is 0 Å². The predicted molar refractivity (Wildman–Crippen MR) is 113 cm³/mol. The van der Waals surface area contributed by atoms with Gasteiger partial charge in [-0.25, -0.2) is 13.4 Å². The molecule has 1 aliphatic rings. The van der Waals surface area contributed by atoms with E-state index in [1.165, 1.54) is 11.8 Å². The van der Waals surface area contributed by atoms with E-state index in [0.29, 0.717) is 17.0 Å². The minimum Gasteiger partial charge on any atom is -0.240 e. The van der Waals surface area contributed by atoms with Gasteiger partial charge in [0.2, 0.25) is 0 Å². The number of thioether (sulfide) groups is 1. The Bertz CT molecular complexity index is 1140. The lowest BCUT2D eigenvalue weighted by Gasteiger charge is -2.14. The van der Waals surface area contributed by atoms with Crippen molar-refractivity contribution in [1.82, 2.24) is 4.98 Å². The molecule has 0 unspecified atom stereocenters. The van der Waals surface area contributed by atoms with Crippen LogP contribution >= 0.6 is 11.8 Å². The second-order valence-electron chi connectivity index (χ2n) is 6.72. The normalized spacial score (nSPS) is 17.9. The number of hydrogen-bond donors (Lipinski definition) is 0. The molecule has 140 valence electrons. The average molecular weight is 407 g/mol. The van der Waals surface area contributed by atoms with Gasteiger partial charge in [-0.15, -0.1) is 11.8 Å². The van der Waals surface area contributed by atoms with Crippen LogP contribution in [0, 0.1) is 11.3 Å². The molecule has 0 spiro atoms. The van der Waals surface area contributed by atoms with Crippen LogP contribution < -0.4 is 0 Å². The van der Waals surface area contributed by atoms with Gasteiger partial charge in [0.25, 0.3) is 0 Å². The molecule has 1 aromatic heterocycles. The van der Waals surface area contributed by atoms with Gasteiger partial charge in [0.15, 0.2) is 9.84 Å². The molecule has 0 bridgehead atoms. The van der Waals surface area contributed by atoms with Gasteiger partial charge in [-0.05, 0) is 18.1 Å². The molecule has 6 heteroatoms. The molecule has 0 aliphatic carbocycles. The van der Waals surface area contributed by atoms with E-state index in [1.807, 2.05) is 66.7 Å². The quantitative estimate of drug-likeness (QED) is 0.635. The second-order valence-corrected chi connectivity index (χ2v) is 10.2. The lowest BCUT2D eigenvalue weighted by Crippen LogP contribution is -2.07. The summed E-state index contributed by atoms with van der Waals surface area (Å²) in [7, 11) is -2.99. The van der Waals surface area contributed by atoms with Crippen LogP contribution in [0.3, 0.4) is 0 Å². The molecular weight excluding hydrogens is 388 g/mol. The molecule has 4 nitrogen and oxygen atoms in total. The molecule has 2 aromatic carbocycles. The monoisotopic (exact) mass is 406 g/mol. The summed E-state index contributed by atoms with van der Waals surface area (Å²) in [5.74, 6) is 0.344. The standard InChI is InChI=1S/C22H18N2O2S2/c23-14-20-19(16-7-3-1-4-8-16)13-21(17-9-5-2-6-10-17)24-22(20)27-18-11-12-28(25,26)15-18/h1-10,13,18H,11-12,15H2/t18-/m0/s1. The zero-order chi connectivity index (χ0) is 19.6. The van der Waals surface area contributed by atoms with E-state index in [4.69, 9.17) is 4.98 Å². The van der Waals surface area contributed by atoms with Crippen LogP contribution in [-0.2, 0) is 9.84 Å². The van der Waals surface area contributed by atoms with Crippen LogP contribution in [-0.4, -0.2) is 30.2 Å². The van der Waals surface area contributed by atoms with Gasteiger partial charge < -0.3 is 0 Å². The van der Waals surface area contributed by atoms with E-state index in [0.717, 1.165) is 22.4 Å². The highest BCUT2D eigenvalue weighted by Crippen LogP contribution is 2.37. The first-order valence-electron chi connectivity index (χ1n) is 8.99. The molecule has 1 aliphatic heterocycles. The smallest absolute Gasteiger partial charge is 0.151 e. The summed E-state index contributed by atoms with van der Waals surface area (Å²) in [5.41, 5.74) is 4.01. The minimum atomic E-state index is -2.99. The van der Waals surface area contributed by atoms with Gasteiger partial charge in [-0.2, -0.15) is 5.26 Å². The Morgan fingerprint density at radius 3 is 2.21 bits per heavy atom. The van der Waals surface area contributed by atoms with Crippen LogP contribution in [0.25, 0.3) is 22.4 Å². The van der Waals surface area contributed by atoms with Crippen molar-refractivity contribution in [3.05, 3.63) is 72.3 Å². The number of aromatic nitrogens is 1. The Morgan fingerprint density at radius 1 is 1.00 bits per heavy atom. The number of sulfone groups is 1. The van der Waals surface area contributed by atoms with E-state index < -0.39 is 9.84 Å². The van der Waals surface area contributed by atoms with Gasteiger partial charge in [-0.1, -0.05) is 60.7 Å². The first kappa shape index (κ1) is 18.7. The maximum absolute atomic E-state index is 11.9. The molecule has 3 aromatic rings. The summed E-state index contributed by atoms with van der Waals surface area (Å²) in [6.45, 7) is 0. The Kier molecular flexibility index (Phi) is 5.21. The molecule has 28 heavy (non-hydrogen) atoms. The SMILES string of the molecule is N#Cc1c(-c2ccccc2)cc(-c2ccccc2)nc1S[C@H]1CCS(=O)(=O)C1. The summed E-state index contributed by atoms with van der Waals surface area (Å²) in [6, 6.07) is 23.8. The van der Waals surface area contributed by atoms with E-state index in [-0.39, 0.29) is 16.8 Å².